The molecule has 0 spiro atoms. The van der Waals surface area contributed by atoms with Crippen molar-refractivity contribution in [1.82, 2.24) is 0 Å². The second-order valence-electron chi connectivity index (χ2n) is 4.56. The molecular formula is C13H26O2. The molecule has 0 aromatic heterocycles. The van der Waals surface area contributed by atoms with Crippen LogP contribution in [-0.4, -0.2) is 19.5 Å². The monoisotopic (exact) mass is 214 g/mol. The zero-order valence-corrected chi connectivity index (χ0v) is 10.7. The van der Waals surface area contributed by atoms with E-state index in [1.165, 1.54) is 0 Å². The summed E-state index contributed by atoms with van der Waals surface area (Å²) in [6.07, 6.45) is 4.85. The fraction of sp³-hybridized carbons (Fsp3) is 0.923. The van der Waals surface area contributed by atoms with Crippen LogP contribution < -0.4 is 0 Å². The van der Waals surface area contributed by atoms with Gasteiger partial charge in [0.25, 0.3) is 0 Å². The van der Waals surface area contributed by atoms with E-state index in [2.05, 4.69) is 20.8 Å². The molecule has 2 heteroatoms. The minimum atomic E-state index is 0.276. The average Bonchev–Trinajstić information content (AvgIpc) is 2.20. The van der Waals surface area contributed by atoms with E-state index in [-0.39, 0.29) is 5.92 Å². The first-order valence-corrected chi connectivity index (χ1v) is 6.15. The summed E-state index contributed by atoms with van der Waals surface area (Å²) >= 11 is 0. The van der Waals surface area contributed by atoms with Gasteiger partial charge >= 0.3 is 0 Å². The number of unbranched alkanes of at least 4 members (excludes halogenated alkanes) is 1. The van der Waals surface area contributed by atoms with E-state index in [9.17, 15) is 4.79 Å². The van der Waals surface area contributed by atoms with Crippen LogP contribution in [0.15, 0.2) is 0 Å². The van der Waals surface area contributed by atoms with Crippen LogP contribution in [0.25, 0.3) is 0 Å². The number of carbonyl (C=O) groups excluding carboxylic acids is 1. The van der Waals surface area contributed by atoms with Crippen LogP contribution >= 0.6 is 0 Å². The fourth-order valence-electron chi connectivity index (χ4n) is 1.91. The highest BCUT2D eigenvalue weighted by molar-refractivity contribution is 5.81. The minimum absolute atomic E-state index is 0.276. The third kappa shape index (κ3) is 6.67. The van der Waals surface area contributed by atoms with Gasteiger partial charge in [-0.25, -0.2) is 0 Å². The second-order valence-corrected chi connectivity index (χ2v) is 4.56. The summed E-state index contributed by atoms with van der Waals surface area (Å²) in [5.74, 6) is 1.21. The highest BCUT2D eigenvalue weighted by Crippen LogP contribution is 2.20. The first kappa shape index (κ1) is 14.6. The molecule has 0 bridgehead atoms. The van der Waals surface area contributed by atoms with Crippen LogP contribution in [0.2, 0.25) is 0 Å². The van der Waals surface area contributed by atoms with Crippen LogP contribution in [0.1, 0.15) is 52.9 Å². The Bertz CT molecular complexity index is 164. The topological polar surface area (TPSA) is 26.3 Å². The Morgan fingerprint density at radius 1 is 1.27 bits per heavy atom. The van der Waals surface area contributed by atoms with Crippen molar-refractivity contribution in [2.45, 2.75) is 52.9 Å². The Labute approximate surface area is 94.4 Å². The van der Waals surface area contributed by atoms with Gasteiger partial charge in [-0.1, -0.05) is 27.2 Å². The fourth-order valence-corrected chi connectivity index (χ4v) is 1.91. The van der Waals surface area contributed by atoms with Crippen LogP contribution in [-0.2, 0) is 9.53 Å². The van der Waals surface area contributed by atoms with Crippen molar-refractivity contribution in [1.29, 1.82) is 0 Å². The molecule has 0 fully saturated rings. The summed E-state index contributed by atoms with van der Waals surface area (Å²) in [6.45, 7) is 7.21. The molecule has 0 saturated heterocycles. The van der Waals surface area contributed by atoms with E-state index in [1.54, 1.807) is 7.11 Å². The first-order valence-electron chi connectivity index (χ1n) is 6.15. The summed E-state index contributed by atoms with van der Waals surface area (Å²) in [6, 6.07) is 0. The molecule has 0 aliphatic carbocycles. The molecule has 0 aliphatic rings. The van der Waals surface area contributed by atoms with E-state index in [0.29, 0.717) is 11.7 Å². The lowest BCUT2D eigenvalue weighted by atomic mass is 9.85. The van der Waals surface area contributed by atoms with Gasteiger partial charge in [-0.3, -0.25) is 4.79 Å². The molecule has 0 N–H and O–H groups in total. The quantitative estimate of drug-likeness (QED) is 0.550. The number of methoxy groups -OCH3 is 1. The molecule has 1 unspecified atom stereocenters. The summed E-state index contributed by atoms with van der Waals surface area (Å²) in [5.41, 5.74) is 0. The Morgan fingerprint density at radius 3 is 2.40 bits per heavy atom. The molecule has 0 saturated carbocycles. The Hall–Kier alpha value is -0.370. The van der Waals surface area contributed by atoms with Crippen LogP contribution in [0.3, 0.4) is 0 Å². The van der Waals surface area contributed by atoms with Crippen LogP contribution in [0.5, 0.6) is 0 Å². The van der Waals surface area contributed by atoms with Gasteiger partial charge in [-0.05, 0) is 25.2 Å². The molecule has 0 aromatic carbocycles. The number of Topliss-reactive ketones (excluding diaryl/α,β-unsaturated/α-hetero) is 1. The van der Waals surface area contributed by atoms with Crippen molar-refractivity contribution in [3.63, 3.8) is 0 Å². The van der Waals surface area contributed by atoms with Gasteiger partial charge in [0.05, 0.1) is 0 Å². The second kappa shape index (κ2) is 8.90. The van der Waals surface area contributed by atoms with Crippen molar-refractivity contribution in [3.8, 4) is 0 Å². The van der Waals surface area contributed by atoms with E-state index in [0.717, 1.165) is 38.7 Å². The van der Waals surface area contributed by atoms with Gasteiger partial charge in [-0.2, -0.15) is 0 Å². The third-order valence-electron chi connectivity index (χ3n) is 2.84. The van der Waals surface area contributed by atoms with E-state index >= 15 is 0 Å². The highest BCUT2D eigenvalue weighted by Gasteiger charge is 2.20. The molecule has 90 valence electrons. The first-order chi connectivity index (χ1) is 7.13. The van der Waals surface area contributed by atoms with E-state index in [1.807, 2.05) is 0 Å². The van der Waals surface area contributed by atoms with Gasteiger partial charge in [0.2, 0.25) is 0 Å². The van der Waals surface area contributed by atoms with Gasteiger partial charge in [-0.15, -0.1) is 0 Å². The van der Waals surface area contributed by atoms with Crippen LogP contribution in [0, 0.1) is 11.8 Å². The maximum Gasteiger partial charge on any atom is 0.136 e. The molecule has 0 aliphatic heterocycles. The van der Waals surface area contributed by atoms with Crippen molar-refractivity contribution in [3.05, 3.63) is 0 Å². The molecule has 15 heavy (non-hydrogen) atoms. The lowest BCUT2D eigenvalue weighted by Gasteiger charge is -2.18. The Balaban J connectivity index is 3.82. The molecule has 0 rings (SSSR count). The number of ketones is 1. The van der Waals surface area contributed by atoms with Crippen molar-refractivity contribution >= 4 is 5.78 Å². The number of rotatable bonds is 9. The average molecular weight is 214 g/mol. The summed E-state index contributed by atoms with van der Waals surface area (Å²) in [5, 5.41) is 0. The molecular weight excluding hydrogens is 188 g/mol. The smallest absolute Gasteiger partial charge is 0.136 e. The lowest BCUT2D eigenvalue weighted by Crippen LogP contribution is -2.20. The van der Waals surface area contributed by atoms with Crippen LogP contribution in [0.4, 0.5) is 0 Å². The molecule has 0 heterocycles. The maximum absolute atomic E-state index is 11.9. The summed E-state index contributed by atoms with van der Waals surface area (Å²) < 4.78 is 4.97. The SMILES string of the molecule is CCCC(C(=O)CCCCOC)C(C)C. The lowest BCUT2D eigenvalue weighted by molar-refractivity contribution is -0.124. The van der Waals surface area contributed by atoms with Gasteiger partial charge in [0.1, 0.15) is 5.78 Å². The number of hydrogen-bond acceptors (Lipinski definition) is 2. The van der Waals surface area contributed by atoms with Crippen molar-refractivity contribution in [2.75, 3.05) is 13.7 Å². The maximum atomic E-state index is 11.9. The van der Waals surface area contributed by atoms with Gasteiger partial charge in [0, 0.05) is 26.1 Å². The molecule has 0 radical (unpaired) electrons. The Kier molecular flexibility index (Phi) is 8.68. The highest BCUT2D eigenvalue weighted by atomic mass is 16.5. The standard InChI is InChI=1S/C13H26O2/c1-5-8-12(11(2)3)13(14)9-6-7-10-15-4/h11-12H,5-10H2,1-4H3. The predicted molar refractivity (Wildman–Crippen MR) is 64.0 cm³/mol. The normalized spacial score (nSPS) is 13.1. The Morgan fingerprint density at radius 2 is 1.93 bits per heavy atom. The van der Waals surface area contributed by atoms with E-state index in [4.69, 9.17) is 4.74 Å². The van der Waals surface area contributed by atoms with Gasteiger partial charge in [0.15, 0.2) is 0 Å². The molecule has 1 atom stereocenters. The largest absolute Gasteiger partial charge is 0.385 e. The van der Waals surface area contributed by atoms with Gasteiger partial charge < -0.3 is 4.74 Å². The third-order valence-corrected chi connectivity index (χ3v) is 2.84. The zero-order chi connectivity index (χ0) is 11.7. The predicted octanol–water partition coefficient (Wildman–Crippen LogP) is 3.44. The molecule has 2 nitrogen and oxygen atoms in total. The zero-order valence-electron chi connectivity index (χ0n) is 10.7. The molecule has 0 amide bonds. The summed E-state index contributed by atoms with van der Waals surface area (Å²) in [7, 11) is 1.70. The summed E-state index contributed by atoms with van der Waals surface area (Å²) in [4.78, 5) is 11.9. The number of hydrogen-bond donors (Lipinski definition) is 0. The number of ether oxygens (including phenoxy) is 1. The van der Waals surface area contributed by atoms with Crippen molar-refractivity contribution in [2.24, 2.45) is 11.8 Å². The minimum Gasteiger partial charge on any atom is -0.385 e. The number of carbonyl (C=O) groups is 1. The van der Waals surface area contributed by atoms with E-state index < -0.39 is 0 Å². The van der Waals surface area contributed by atoms with Crippen molar-refractivity contribution < 1.29 is 9.53 Å². The molecule has 0 aromatic rings.